The van der Waals surface area contributed by atoms with Gasteiger partial charge in [0.25, 0.3) is 5.89 Å². The van der Waals surface area contributed by atoms with Gasteiger partial charge < -0.3 is 14.3 Å². The molecule has 9 atom stereocenters. The Morgan fingerprint density at radius 1 is 0.943 bits per heavy atom. The Morgan fingerprint density at radius 2 is 1.62 bits per heavy atom. The van der Waals surface area contributed by atoms with Crippen LogP contribution in [-0.2, 0) is 24.5 Å². The van der Waals surface area contributed by atoms with Gasteiger partial charge in [-0.2, -0.15) is 0 Å². The van der Waals surface area contributed by atoms with Gasteiger partial charge in [0, 0.05) is 11.8 Å². The Hall–Kier alpha value is -3.43. The SMILES string of the molecule is CC(C)C1=C2C3CCC4C(C)(CCC56CC5(C)C(OC(=O)CC(C)(C)C(=O)O)CCC46C)C3(C)CCC2(c2nnc(-c3c(F)cccc3F)o2)CC1=O. The normalized spacial score (nSPS) is 40.2. The fraction of sp³-hybridized carbons (Fsp3) is 0.698. The fourth-order valence-corrected chi connectivity index (χ4v) is 13.7. The second kappa shape index (κ2) is 11.3. The lowest BCUT2D eigenvalue weighted by molar-refractivity contribution is -0.216. The summed E-state index contributed by atoms with van der Waals surface area (Å²) in [7, 11) is 0. The van der Waals surface area contributed by atoms with Crippen LogP contribution in [0.15, 0.2) is 33.8 Å². The molecule has 0 saturated heterocycles. The molecular formula is C43H54F2N2O6. The van der Waals surface area contributed by atoms with E-state index in [-0.39, 0.29) is 81.0 Å². The Balaban J connectivity index is 1.12. The summed E-state index contributed by atoms with van der Waals surface area (Å²) < 4.78 is 42.1. The predicted molar refractivity (Wildman–Crippen MR) is 192 cm³/mol. The van der Waals surface area contributed by atoms with E-state index in [9.17, 15) is 28.3 Å². The van der Waals surface area contributed by atoms with Crippen molar-refractivity contribution in [3.05, 3.63) is 46.9 Å². The van der Waals surface area contributed by atoms with E-state index in [2.05, 4.69) is 51.7 Å². The molecule has 1 N–H and O–H groups in total. The average Bonchev–Trinajstić information content (AvgIpc) is 3.32. The summed E-state index contributed by atoms with van der Waals surface area (Å²) in [4.78, 5) is 38.9. The molecule has 6 aliphatic carbocycles. The van der Waals surface area contributed by atoms with Crippen molar-refractivity contribution in [2.24, 2.45) is 50.2 Å². The van der Waals surface area contributed by atoms with Gasteiger partial charge in [0.2, 0.25) is 5.89 Å². The molecule has 1 aromatic heterocycles. The van der Waals surface area contributed by atoms with E-state index < -0.39 is 34.4 Å². The van der Waals surface area contributed by atoms with Gasteiger partial charge >= 0.3 is 11.9 Å². The number of rotatable bonds is 7. The standard InChI is InChI=1S/C43H54F2N2O6/c1-23(2)31-27(48)20-42(35-47-46-34(53-35)32-25(44)10-9-11-26(32)45)18-16-38(5)24(33(31)42)12-13-28-39(38,6)17-19-43-22-41(43,8)29(14-15-40(28,43)7)52-30(49)21-37(3,4)36(50)51/h9-11,23-24,28-29H,12-22H2,1-8H3,(H,50,51). The van der Waals surface area contributed by atoms with Crippen LogP contribution in [0.4, 0.5) is 8.78 Å². The third-order valence-corrected chi connectivity index (χ3v) is 16.8. The number of esters is 1. The third-order valence-electron chi connectivity index (χ3n) is 16.8. The number of benzene rings is 1. The Labute approximate surface area is 310 Å². The first kappa shape index (κ1) is 36.5. The molecule has 0 aliphatic heterocycles. The molecule has 5 fully saturated rings. The number of halogens is 2. The number of ether oxygens (including phenoxy) is 1. The molecule has 6 aliphatic rings. The van der Waals surface area contributed by atoms with Crippen LogP contribution < -0.4 is 0 Å². The second-order valence-corrected chi connectivity index (χ2v) is 19.7. The summed E-state index contributed by atoms with van der Waals surface area (Å²) in [6.07, 6.45) is 8.08. The van der Waals surface area contributed by atoms with Crippen molar-refractivity contribution in [3.63, 3.8) is 0 Å². The third kappa shape index (κ3) is 4.59. The maximum atomic E-state index is 14.8. The maximum absolute atomic E-state index is 14.8. The Morgan fingerprint density at radius 3 is 2.28 bits per heavy atom. The van der Waals surface area contributed by atoms with E-state index in [1.54, 1.807) is 13.8 Å². The monoisotopic (exact) mass is 732 g/mol. The molecule has 53 heavy (non-hydrogen) atoms. The van der Waals surface area contributed by atoms with Gasteiger partial charge in [-0.1, -0.05) is 47.6 Å². The minimum Gasteiger partial charge on any atom is -0.481 e. The highest BCUT2D eigenvalue weighted by molar-refractivity contribution is 6.01. The van der Waals surface area contributed by atoms with E-state index in [0.29, 0.717) is 12.3 Å². The van der Waals surface area contributed by atoms with Crippen molar-refractivity contribution >= 4 is 17.7 Å². The van der Waals surface area contributed by atoms with Crippen LogP contribution in [0.5, 0.6) is 0 Å². The van der Waals surface area contributed by atoms with Gasteiger partial charge in [-0.05, 0) is 134 Å². The molecule has 0 radical (unpaired) electrons. The number of Topliss-reactive ketones (excluding diaryl/α,β-unsaturated/α-hetero) is 1. The summed E-state index contributed by atoms with van der Waals surface area (Å²) in [6, 6.07) is 3.65. The summed E-state index contributed by atoms with van der Waals surface area (Å²) in [6.45, 7) is 17.1. The number of aliphatic carboxylic acids is 1. The van der Waals surface area contributed by atoms with E-state index in [1.807, 2.05) is 0 Å². The van der Waals surface area contributed by atoms with Crippen LogP contribution in [-0.4, -0.2) is 39.1 Å². The molecular weight excluding hydrogens is 678 g/mol. The molecule has 0 amide bonds. The van der Waals surface area contributed by atoms with Gasteiger partial charge in [0.05, 0.1) is 17.3 Å². The highest BCUT2D eigenvalue weighted by Crippen LogP contribution is 2.87. The van der Waals surface area contributed by atoms with E-state index in [1.165, 1.54) is 18.2 Å². The van der Waals surface area contributed by atoms with Crippen molar-refractivity contribution in [2.75, 3.05) is 0 Å². The smallest absolute Gasteiger partial charge is 0.309 e. The van der Waals surface area contributed by atoms with Crippen molar-refractivity contribution in [1.29, 1.82) is 0 Å². The Bertz CT molecular complexity index is 1950. The minimum absolute atomic E-state index is 0.00275. The molecule has 10 heteroatoms. The first-order chi connectivity index (χ1) is 24.7. The number of hydrogen-bond donors (Lipinski definition) is 1. The maximum Gasteiger partial charge on any atom is 0.309 e. The molecule has 2 aromatic rings. The topological polar surface area (TPSA) is 120 Å². The number of allylic oxidation sites excluding steroid dienone is 2. The zero-order valence-electron chi connectivity index (χ0n) is 32.5. The quantitative estimate of drug-likeness (QED) is 0.280. The molecule has 5 saturated carbocycles. The van der Waals surface area contributed by atoms with Crippen molar-refractivity contribution in [1.82, 2.24) is 10.2 Å². The summed E-state index contributed by atoms with van der Waals surface area (Å²) >= 11 is 0. The summed E-state index contributed by atoms with van der Waals surface area (Å²) in [5.74, 6) is -2.26. The number of aromatic nitrogens is 2. The highest BCUT2D eigenvalue weighted by Gasteiger charge is 2.82. The zero-order chi connectivity index (χ0) is 38.3. The lowest BCUT2D eigenvalue weighted by Crippen LogP contribution is -2.64. The van der Waals surface area contributed by atoms with Gasteiger partial charge in [0.1, 0.15) is 23.3 Å². The van der Waals surface area contributed by atoms with Gasteiger partial charge in [0.15, 0.2) is 5.78 Å². The molecule has 1 aromatic carbocycles. The molecule has 9 unspecified atom stereocenters. The number of carbonyl (C=O) groups is 3. The lowest BCUT2D eigenvalue weighted by Gasteiger charge is -2.71. The van der Waals surface area contributed by atoms with Gasteiger partial charge in [-0.15, -0.1) is 10.2 Å². The van der Waals surface area contributed by atoms with Crippen molar-refractivity contribution in [2.45, 2.75) is 138 Å². The minimum atomic E-state index is -1.18. The van der Waals surface area contributed by atoms with Crippen LogP contribution in [0, 0.1) is 61.9 Å². The summed E-state index contributed by atoms with van der Waals surface area (Å²) in [5.41, 5.74) is -0.569. The predicted octanol–water partition coefficient (Wildman–Crippen LogP) is 9.41. The number of carbonyl (C=O) groups excluding carboxylic acids is 2. The number of carboxylic acid groups (broad SMARTS) is 1. The molecule has 286 valence electrons. The van der Waals surface area contributed by atoms with Crippen LogP contribution in [0.3, 0.4) is 0 Å². The summed E-state index contributed by atoms with van der Waals surface area (Å²) in [5, 5.41) is 18.2. The number of carboxylic acids is 1. The molecule has 8 nitrogen and oxygen atoms in total. The van der Waals surface area contributed by atoms with Crippen molar-refractivity contribution < 1.29 is 37.4 Å². The average molecular weight is 733 g/mol. The number of nitrogens with zero attached hydrogens (tertiary/aromatic N) is 2. The zero-order valence-corrected chi connectivity index (χ0v) is 32.5. The largest absolute Gasteiger partial charge is 0.481 e. The first-order valence-electron chi connectivity index (χ1n) is 19.7. The van der Waals surface area contributed by atoms with Crippen LogP contribution in [0.2, 0.25) is 0 Å². The van der Waals surface area contributed by atoms with Gasteiger partial charge in [-0.25, -0.2) is 8.78 Å². The van der Waals surface area contributed by atoms with E-state index in [4.69, 9.17) is 9.15 Å². The second-order valence-electron chi connectivity index (χ2n) is 19.7. The molecule has 1 spiro atoms. The van der Waals surface area contributed by atoms with Crippen LogP contribution >= 0.6 is 0 Å². The molecule has 1 heterocycles. The number of fused-ring (bicyclic) bond motifs is 6. The van der Waals surface area contributed by atoms with Gasteiger partial charge in [-0.3, -0.25) is 14.4 Å². The number of ketones is 1. The van der Waals surface area contributed by atoms with E-state index >= 15 is 0 Å². The fourth-order valence-electron chi connectivity index (χ4n) is 13.7. The van der Waals surface area contributed by atoms with Crippen LogP contribution in [0.1, 0.15) is 132 Å². The number of hydrogen-bond acceptors (Lipinski definition) is 7. The molecule has 0 bridgehead atoms. The Kier molecular flexibility index (Phi) is 7.80. The van der Waals surface area contributed by atoms with E-state index in [0.717, 1.165) is 62.5 Å². The highest BCUT2D eigenvalue weighted by atomic mass is 19.1. The van der Waals surface area contributed by atoms with Crippen LogP contribution in [0.25, 0.3) is 11.5 Å². The van der Waals surface area contributed by atoms with Crippen molar-refractivity contribution in [3.8, 4) is 11.5 Å². The first-order valence-corrected chi connectivity index (χ1v) is 19.7. The molecule has 8 rings (SSSR count). The lowest BCUT2D eigenvalue weighted by atomic mass is 9.33.